The lowest BCUT2D eigenvalue weighted by molar-refractivity contribution is -0.141. The Morgan fingerprint density at radius 2 is 2.03 bits per heavy atom. The number of carboxylic acids is 1. The number of likely N-dealkylation sites (tertiary alicyclic amines) is 1. The number of aryl methyl sites for hydroxylation is 1. The summed E-state index contributed by atoms with van der Waals surface area (Å²) in [5, 5.41) is 22.0. The number of hydrogen-bond acceptors (Lipinski definition) is 6. The van der Waals surface area contributed by atoms with Gasteiger partial charge in [0.25, 0.3) is 0 Å². The van der Waals surface area contributed by atoms with Gasteiger partial charge in [0.15, 0.2) is 0 Å². The van der Waals surface area contributed by atoms with Gasteiger partial charge in [0.1, 0.15) is 5.75 Å². The molecule has 3 heterocycles. The van der Waals surface area contributed by atoms with E-state index < -0.39 is 12.1 Å². The number of aliphatic hydroxyl groups excluding tert-OH is 1. The number of carboxylic acid groups (broad SMARTS) is 1. The summed E-state index contributed by atoms with van der Waals surface area (Å²) in [6, 6.07) is 11.5. The highest BCUT2D eigenvalue weighted by Crippen LogP contribution is 2.43. The number of aliphatic carboxylic acids is 1. The highest BCUT2D eigenvalue weighted by molar-refractivity contribution is 6.32. The Labute approximate surface area is 217 Å². The standard InChI is InChI=1S/C28H34ClN3O4/c1-36-21-7-8-24-22(17-21)27(23(29)19-31-24)25(33)9-10-28(18-26(34)35)11-15-32(16-12-28)14-4-6-20-5-2-3-13-30-20/h2-3,5,7-8,13,17,19,25,33H,4,6,9-12,14-16,18H2,1H3,(H,34,35). The molecule has 0 saturated carbocycles. The Balaban J connectivity index is 1.39. The first-order valence-electron chi connectivity index (χ1n) is 12.5. The summed E-state index contributed by atoms with van der Waals surface area (Å²) in [5.74, 6) is -0.122. The van der Waals surface area contributed by atoms with Crippen molar-refractivity contribution in [3.63, 3.8) is 0 Å². The van der Waals surface area contributed by atoms with E-state index in [1.54, 1.807) is 13.3 Å². The van der Waals surface area contributed by atoms with Crippen molar-refractivity contribution in [2.75, 3.05) is 26.7 Å². The number of methoxy groups -OCH3 is 1. The molecule has 2 aromatic heterocycles. The highest BCUT2D eigenvalue weighted by atomic mass is 35.5. The number of pyridine rings is 2. The van der Waals surface area contributed by atoms with Crippen LogP contribution in [0.4, 0.5) is 0 Å². The molecule has 36 heavy (non-hydrogen) atoms. The number of fused-ring (bicyclic) bond motifs is 1. The van der Waals surface area contributed by atoms with Crippen LogP contribution < -0.4 is 4.74 Å². The molecule has 1 aromatic carbocycles. The first-order valence-corrected chi connectivity index (χ1v) is 12.9. The Morgan fingerprint density at radius 3 is 2.72 bits per heavy atom. The summed E-state index contributed by atoms with van der Waals surface area (Å²) in [6.45, 7) is 2.70. The molecule has 8 heteroatoms. The Kier molecular flexibility index (Phi) is 8.77. The molecule has 1 unspecified atom stereocenters. The Morgan fingerprint density at radius 1 is 1.22 bits per heavy atom. The number of carbonyl (C=O) groups is 1. The first kappa shape index (κ1) is 26.3. The van der Waals surface area contributed by atoms with E-state index in [4.69, 9.17) is 16.3 Å². The smallest absolute Gasteiger partial charge is 0.303 e. The van der Waals surface area contributed by atoms with Gasteiger partial charge in [-0.25, -0.2) is 0 Å². The molecule has 1 aliphatic heterocycles. The molecule has 2 N–H and O–H groups in total. The van der Waals surface area contributed by atoms with E-state index in [0.29, 0.717) is 29.2 Å². The van der Waals surface area contributed by atoms with Crippen LogP contribution in [0.2, 0.25) is 5.02 Å². The largest absolute Gasteiger partial charge is 0.497 e. The van der Waals surface area contributed by atoms with Gasteiger partial charge in [-0.1, -0.05) is 17.7 Å². The second-order valence-electron chi connectivity index (χ2n) is 9.79. The van der Waals surface area contributed by atoms with E-state index in [0.717, 1.165) is 61.9 Å². The molecule has 4 rings (SSSR count). The van der Waals surface area contributed by atoms with Crippen molar-refractivity contribution < 1.29 is 19.7 Å². The molecule has 0 spiro atoms. The minimum Gasteiger partial charge on any atom is -0.497 e. The van der Waals surface area contributed by atoms with Crippen LogP contribution in [0, 0.1) is 5.41 Å². The van der Waals surface area contributed by atoms with Crippen LogP contribution in [0.5, 0.6) is 5.75 Å². The van der Waals surface area contributed by atoms with E-state index in [9.17, 15) is 15.0 Å². The number of nitrogens with zero attached hydrogens (tertiary/aromatic N) is 3. The summed E-state index contributed by atoms with van der Waals surface area (Å²) < 4.78 is 5.35. The quantitative estimate of drug-likeness (QED) is 0.361. The van der Waals surface area contributed by atoms with Crippen LogP contribution in [0.15, 0.2) is 48.8 Å². The van der Waals surface area contributed by atoms with Gasteiger partial charge in [-0.2, -0.15) is 0 Å². The highest BCUT2D eigenvalue weighted by Gasteiger charge is 2.37. The molecule has 1 saturated heterocycles. The average Bonchev–Trinajstić information content (AvgIpc) is 2.88. The molecule has 3 aromatic rings. The fourth-order valence-corrected chi connectivity index (χ4v) is 5.61. The van der Waals surface area contributed by atoms with Crippen LogP contribution in [-0.2, 0) is 11.2 Å². The number of aromatic nitrogens is 2. The van der Waals surface area contributed by atoms with E-state index in [-0.39, 0.29) is 11.8 Å². The number of aliphatic hydroxyl groups is 1. The fraction of sp³-hybridized carbons (Fsp3) is 0.464. The topological polar surface area (TPSA) is 95.8 Å². The van der Waals surface area contributed by atoms with Gasteiger partial charge < -0.3 is 19.8 Å². The first-order chi connectivity index (χ1) is 17.4. The lowest BCUT2D eigenvalue weighted by Gasteiger charge is -2.41. The normalized spacial score (nSPS) is 16.6. The van der Waals surface area contributed by atoms with Crippen molar-refractivity contribution in [3.8, 4) is 5.75 Å². The van der Waals surface area contributed by atoms with E-state index >= 15 is 0 Å². The summed E-state index contributed by atoms with van der Waals surface area (Å²) in [7, 11) is 1.59. The molecule has 1 aliphatic rings. The predicted molar refractivity (Wildman–Crippen MR) is 140 cm³/mol. The Hall–Kier alpha value is -2.74. The molecular weight excluding hydrogens is 478 g/mol. The summed E-state index contributed by atoms with van der Waals surface area (Å²) >= 11 is 6.48. The second-order valence-corrected chi connectivity index (χ2v) is 10.2. The third-order valence-corrected chi connectivity index (χ3v) is 7.73. The fourth-order valence-electron chi connectivity index (χ4n) is 5.34. The number of rotatable bonds is 11. The minimum absolute atomic E-state index is 0.111. The SMILES string of the molecule is COc1ccc2ncc(Cl)c(C(O)CCC3(CC(=O)O)CCN(CCCc4ccccn4)CC3)c2c1. The van der Waals surface area contributed by atoms with Crippen molar-refractivity contribution >= 4 is 28.5 Å². The average molecular weight is 512 g/mol. The van der Waals surface area contributed by atoms with Gasteiger partial charge in [-0.15, -0.1) is 0 Å². The van der Waals surface area contributed by atoms with E-state index in [1.165, 1.54) is 0 Å². The van der Waals surface area contributed by atoms with Gasteiger partial charge in [0.05, 0.1) is 30.2 Å². The van der Waals surface area contributed by atoms with Crippen molar-refractivity contribution in [2.45, 2.75) is 51.0 Å². The third-order valence-electron chi connectivity index (χ3n) is 7.43. The van der Waals surface area contributed by atoms with Gasteiger partial charge >= 0.3 is 5.97 Å². The monoisotopic (exact) mass is 511 g/mol. The molecule has 0 radical (unpaired) electrons. The minimum atomic E-state index is -0.822. The molecule has 7 nitrogen and oxygen atoms in total. The maximum absolute atomic E-state index is 11.8. The maximum Gasteiger partial charge on any atom is 0.303 e. The zero-order valence-electron chi connectivity index (χ0n) is 20.7. The Bertz CT molecular complexity index is 1170. The number of benzene rings is 1. The zero-order chi connectivity index (χ0) is 25.5. The summed E-state index contributed by atoms with van der Waals surface area (Å²) in [5.41, 5.74) is 2.12. The molecule has 1 atom stereocenters. The van der Waals surface area contributed by atoms with Crippen LogP contribution in [0.3, 0.4) is 0 Å². The lowest BCUT2D eigenvalue weighted by Crippen LogP contribution is -2.41. The second kappa shape index (κ2) is 12.0. The van der Waals surface area contributed by atoms with Crippen LogP contribution >= 0.6 is 11.6 Å². The van der Waals surface area contributed by atoms with Crippen molar-refractivity contribution in [1.29, 1.82) is 0 Å². The zero-order valence-corrected chi connectivity index (χ0v) is 21.5. The summed E-state index contributed by atoms with van der Waals surface area (Å²) in [4.78, 5) is 22.9. The number of piperidine rings is 1. The summed E-state index contributed by atoms with van der Waals surface area (Å²) in [6.07, 6.45) is 7.29. The van der Waals surface area contributed by atoms with Crippen LogP contribution in [0.1, 0.15) is 55.9 Å². The molecule has 0 amide bonds. The van der Waals surface area contributed by atoms with Gasteiger partial charge in [-0.05, 0) is 93.9 Å². The van der Waals surface area contributed by atoms with Crippen LogP contribution in [0.25, 0.3) is 10.9 Å². The lowest BCUT2D eigenvalue weighted by atomic mass is 9.71. The van der Waals surface area contributed by atoms with Gasteiger partial charge in [0.2, 0.25) is 0 Å². The van der Waals surface area contributed by atoms with E-state index in [2.05, 4.69) is 14.9 Å². The van der Waals surface area contributed by atoms with Crippen molar-refractivity contribution in [2.24, 2.45) is 5.41 Å². The predicted octanol–water partition coefficient (Wildman–Crippen LogP) is 5.30. The number of ether oxygens (including phenoxy) is 1. The number of hydrogen-bond donors (Lipinski definition) is 2. The molecule has 0 aliphatic carbocycles. The molecule has 192 valence electrons. The van der Waals surface area contributed by atoms with Crippen molar-refractivity contribution in [3.05, 3.63) is 65.1 Å². The van der Waals surface area contributed by atoms with Gasteiger partial charge in [-0.3, -0.25) is 14.8 Å². The van der Waals surface area contributed by atoms with Crippen molar-refractivity contribution in [1.82, 2.24) is 14.9 Å². The number of halogens is 1. The third kappa shape index (κ3) is 6.52. The van der Waals surface area contributed by atoms with Crippen LogP contribution in [-0.4, -0.2) is 57.8 Å². The van der Waals surface area contributed by atoms with E-state index in [1.807, 2.05) is 42.6 Å². The van der Waals surface area contributed by atoms with Gasteiger partial charge in [0, 0.05) is 29.0 Å². The molecular formula is C28H34ClN3O4. The molecule has 1 fully saturated rings. The maximum atomic E-state index is 11.8. The molecule has 0 bridgehead atoms.